The molecule has 0 rings (SSSR count). The summed E-state index contributed by atoms with van der Waals surface area (Å²) in [5.41, 5.74) is 0. The van der Waals surface area contributed by atoms with Gasteiger partial charge in [-0.15, -0.1) is 0 Å². The molecule has 72 valence electrons. The summed E-state index contributed by atoms with van der Waals surface area (Å²) in [6, 6.07) is 0. The first-order valence-electron chi connectivity index (χ1n) is 4.03. The lowest BCUT2D eigenvalue weighted by molar-refractivity contribution is -0.143. The number of ether oxygens (including phenoxy) is 1. The number of hydrogen-bond acceptors (Lipinski definition) is 4. The van der Waals surface area contributed by atoms with Crippen molar-refractivity contribution in [2.45, 2.75) is 38.4 Å². The van der Waals surface area contributed by atoms with Gasteiger partial charge in [0.05, 0.1) is 25.7 Å². The second-order valence-corrected chi connectivity index (χ2v) is 2.73. The first-order valence-corrected chi connectivity index (χ1v) is 4.03. The fraction of sp³-hybridized carbons (Fsp3) is 0.875. The van der Waals surface area contributed by atoms with Crippen molar-refractivity contribution in [2.75, 3.05) is 7.11 Å². The van der Waals surface area contributed by atoms with Crippen LogP contribution in [0.25, 0.3) is 0 Å². The summed E-state index contributed by atoms with van der Waals surface area (Å²) >= 11 is 0. The fourth-order valence-electron chi connectivity index (χ4n) is 0.840. The molecule has 12 heavy (non-hydrogen) atoms. The van der Waals surface area contributed by atoms with Crippen LogP contribution in [0.5, 0.6) is 0 Å². The predicted octanol–water partition coefficient (Wildman–Crippen LogP) is 0.0714. The third-order valence-corrected chi connectivity index (χ3v) is 1.65. The van der Waals surface area contributed by atoms with Crippen molar-refractivity contribution in [3.05, 3.63) is 0 Å². The monoisotopic (exact) mass is 176 g/mol. The van der Waals surface area contributed by atoms with Crippen LogP contribution in [-0.4, -0.2) is 35.5 Å². The maximum absolute atomic E-state index is 10.6. The van der Waals surface area contributed by atoms with Crippen molar-refractivity contribution in [1.82, 2.24) is 0 Å². The minimum Gasteiger partial charge on any atom is -0.469 e. The lowest BCUT2D eigenvalue weighted by Gasteiger charge is -2.12. The minimum atomic E-state index is -0.799. The van der Waals surface area contributed by atoms with Gasteiger partial charge in [0, 0.05) is 0 Å². The summed E-state index contributed by atoms with van der Waals surface area (Å²) in [5.74, 6) is -0.453. The smallest absolute Gasteiger partial charge is 0.308 e. The van der Waals surface area contributed by atoms with E-state index in [0.717, 1.165) is 0 Å². The van der Waals surface area contributed by atoms with Crippen LogP contribution in [0.1, 0.15) is 26.2 Å². The summed E-state index contributed by atoms with van der Waals surface area (Å²) in [6.07, 6.45) is -0.575. The number of rotatable bonds is 5. The van der Waals surface area contributed by atoms with Crippen LogP contribution in [0.15, 0.2) is 0 Å². The molecule has 0 spiro atoms. The number of aliphatic hydroxyl groups excluding tert-OH is 2. The van der Waals surface area contributed by atoms with E-state index in [1.807, 2.05) is 6.92 Å². The lowest BCUT2D eigenvalue weighted by Crippen LogP contribution is -2.20. The van der Waals surface area contributed by atoms with Gasteiger partial charge in [-0.1, -0.05) is 6.92 Å². The van der Waals surface area contributed by atoms with Gasteiger partial charge in [0.1, 0.15) is 0 Å². The zero-order chi connectivity index (χ0) is 9.56. The van der Waals surface area contributed by atoms with E-state index in [-0.39, 0.29) is 12.8 Å². The maximum atomic E-state index is 10.6. The third-order valence-electron chi connectivity index (χ3n) is 1.65. The summed E-state index contributed by atoms with van der Waals surface area (Å²) in [5, 5.41) is 18.3. The Kier molecular flexibility index (Phi) is 5.66. The second kappa shape index (κ2) is 5.97. The van der Waals surface area contributed by atoms with Gasteiger partial charge in [-0.3, -0.25) is 4.79 Å². The van der Waals surface area contributed by atoms with E-state index in [1.54, 1.807) is 0 Å². The molecule has 0 heterocycles. The average molecular weight is 176 g/mol. The van der Waals surface area contributed by atoms with E-state index < -0.39 is 18.2 Å². The molecule has 0 amide bonds. The molecule has 2 unspecified atom stereocenters. The molecular formula is C8H16O4. The van der Waals surface area contributed by atoms with Gasteiger partial charge in [-0.2, -0.15) is 0 Å². The molecule has 4 nitrogen and oxygen atoms in total. The van der Waals surface area contributed by atoms with Gasteiger partial charge >= 0.3 is 5.97 Å². The van der Waals surface area contributed by atoms with Gasteiger partial charge in [-0.25, -0.2) is 0 Å². The van der Waals surface area contributed by atoms with Gasteiger partial charge in [0.25, 0.3) is 0 Å². The van der Waals surface area contributed by atoms with Crippen LogP contribution in [0, 0.1) is 0 Å². The summed E-state index contributed by atoms with van der Waals surface area (Å²) in [4.78, 5) is 10.6. The third kappa shape index (κ3) is 5.09. The van der Waals surface area contributed by atoms with Crippen LogP contribution in [0.4, 0.5) is 0 Å². The average Bonchev–Trinajstić information content (AvgIpc) is 2.03. The molecule has 0 fully saturated rings. The van der Waals surface area contributed by atoms with Gasteiger partial charge in [0.2, 0.25) is 0 Å². The molecule has 2 N–H and O–H groups in total. The topological polar surface area (TPSA) is 66.8 Å². The first kappa shape index (κ1) is 11.4. The molecule has 0 aliphatic carbocycles. The van der Waals surface area contributed by atoms with Crippen molar-refractivity contribution < 1.29 is 19.7 Å². The largest absolute Gasteiger partial charge is 0.469 e. The van der Waals surface area contributed by atoms with Crippen molar-refractivity contribution in [3.63, 3.8) is 0 Å². The zero-order valence-corrected chi connectivity index (χ0v) is 7.49. The fourth-order valence-corrected chi connectivity index (χ4v) is 0.840. The highest BCUT2D eigenvalue weighted by Gasteiger charge is 2.14. The molecule has 0 saturated carbocycles. The van der Waals surface area contributed by atoms with Crippen LogP contribution < -0.4 is 0 Å². The normalized spacial score (nSPS) is 15.3. The molecule has 0 saturated heterocycles. The van der Waals surface area contributed by atoms with Crippen molar-refractivity contribution in [3.8, 4) is 0 Å². The van der Waals surface area contributed by atoms with Gasteiger partial charge in [-0.05, 0) is 12.8 Å². The number of carbonyl (C=O) groups is 1. The summed E-state index contributed by atoms with van der Waals surface area (Å²) in [6.45, 7) is 1.82. The molecule has 0 aromatic carbocycles. The molecular weight excluding hydrogens is 160 g/mol. The molecule has 2 atom stereocenters. The van der Waals surface area contributed by atoms with Crippen LogP contribution in [0.3, 0.4) is 0 Å². The Bertz CT molecular complexity index is 135. The quantitative estimate of drug-likeness (QED) is 0.582. The molecule has 0 aromatic rings. The zero-order valence-electron chi connectivity index (χ0n) is 7.49. The Hall–Kier alpha value is -0.610. The molecule has 0 aliphatic heterocycles. The number of esters is 1. The minimum absolute atomic E-state index is 0.0481. The van der Waals surface area contributed by atoms with E-state index in [9.17, 15) is 9.90 Å². The molecule has 0 aromatic heterocycles. The maximum Gasteiger partial charge on any atom is 0.308 e. The Labute approximate surface area is 72.2 Å². The molecule has 4 heteroatoms. The first-order chi connectivity index (χ1) is 5.60. The summed E-state index contributed by atoms with van der Waals surface area (Å²) < 4.78 is 4.36. The number of methoxy groups -OCH3 is 1. The van der Waals surface area contributed by atoms with Crippen LogP contribution in [0.2, 0.25) is 0 Å². The van der Waals surface area contributed by atoms with Crippen LogP contribution >= 0.6 is 0 Å². The molecule has 0 aliphatic rings. The Balaban J connectivity index is 3.58. The van der Waals surface area contributed by atoms with E-state index >= 15 is 0 Å². The second-order valence-electron chi connectivity index (χ2n) is 2.73. The highest BCUT2D eigenvalue weighted by Crippen LogP contribution is 2.05. The number of carbonyl (C=O) groups excluding carboxylic acids is 1. The lowest BCUT2D eigenvalue weighted by atomic mass is 10.1. The van der Waals surface area contributed by atoms with E-state index in [0.29, 0.717) is 6.42 Å². The SMILES string of the molecule is CCC(O)CC(O)CC(=O)OC. The van der Waals surface area contributed by atoms with Gasteiger partial charge < -0.3 is 14.9 Å². The number of hydrogen-bond donors (Lipinski definition) is 2. The van der Waals surface area contributed by atoms with E-state index in [2.05, 4.69) is 4.74 Å². The Morgan fingerprint density at radius 1 is 1.42 bits per heavy atom. The van der Waals surface area contributed by atoms with Crippen molar-refractivity contribution >= 4 is 5.97 Å². The molecule has 0 radical (unpaired) electrons. The number of aliphatic hydroxyl groups is 2. The molecule has 0 bridgehead atoms. The van der Waals surface area contributed by atoms with Crippen molar-refractivity contribution in [2.24, 2.45) is 0 Å². The highest BCUT2D eigenvalue weighted by atomic mass is 16.5. The predicted molar refractivity (Wildman–Crippen MR) is 43.6 cm³/mol. The standard InChI is InChI=1S/C8H16O4/c1-3-6(9)4-7(10)5-8(11)12-2/h6-7,9-10H,3-5H2,1-2H3. The van der Waals surface area contributed by atoms with Gasteiger partial charge in [0.15, 0.2) is 0 Å². The van der Waals surface area contributed by atoms with Crippen molar-refractivity contribution in [1.29, 1.82) is 0 Å². The van der Waals surface area contributed by atoms with E-state index in [4.69, 9.17) is 5.11 Å². The Morgan fingerprint density at radius 3 is 2.42 bits per heavy atom. The summed E-state index contributed by atoms with van der Waals surface area (Å²) in [7, 11) is 1.27. The van der Waals surface area contributed by atoms with Crippen LogP contribution in [-0.2, 0) is 9.53 Å². The van der Waals surface area contributed by atoms with E-state index in [1.165, 1.54) is 7.11 Å². The highest BCUT2D eigenvalue weighted by molar-refractivity contribution is 5.69. The Morgan fingerprint density at radius 2 is 2.00 bits per heavy atom.